The zero-order valence-electron chi connectivity index (χ0n) is 11.0. The molecule has 0 aliphatic carbocycles. The Hall–Kier alpha value is -2.08. The van der Waals surface area contributed by atoms with E-state index in [0.717, 1.165) is 5.56 Å². The number of aromatic hydroxyl groups is 1. The molecule has 0 heterocycles. The van der Waals surface area contributed by atoms with Gasteiger partial charge in [0.25, 0.3) is 0 Å². The number of rotatable bonds is 5. The highest BCUT2D eigenvalue weighted by Crippen LogP contribution is 2.11. The van der Waals surface area contributed by atoms with Crippen molar-refractivity contribution in [2.24, 2.45) is 11.5 Å². The maximum absolute atomic E-state index is 11.8. The van der Waals surface area contributed by atoms with Crippen LogP contribution in [0.4, 0.5) is 0 Å². The van der Waals surface area contributed by atoms with Crippen LogP contribution in [0, 0.1) is 0 Å². The van der Waals surface area contributed by atoms with Gasteiger partial charge in [0, 0.05) is 0 Å². The number of phenols is 1. The van der Waals surface area contributed by atoms with E-state index in [-0.39, 0.29) is 5.75 Å². The molecule has 1 aromatic carbocycles. The molecule has 0 bridgehead atoms. The van der Waals surface area contributed by atoms with Gasteiger partial charge >= 0.3 is 0 Å². The zero-order valence-corrected chi connectivity index (χ0v) is 11.0. The molecule has 0 unspecified atom stereocenters. The van der Waals surface area contributed by atoms with Gasteiger partial charge in [0.2, 0.25) is 11.8 Å². The van der Waals surface area contributed by atoms with Crippen molar-refractivity contribution < 1.29 is 14.7 Å². The van der Waals surface area contributed by atoms with E-state index in [9.17, 15) is 9.59 Å². The molecule has 0 spiro atoms. The van der Waals surface area contributed by atoms with Gasteiger partial charge in [-0.05, 0) is 38.0 Å². The molecule has 0 aromatic heterocycles. The lowest BCUT2D eigenvalue weighted by Gasteiger charge is -2.24. The Balaban J connectivity index is 2.63. The minimum atomic E-state index is -1.14. The first-order valence-electron chi connectivity index (χ1n) is 5.88. The van der Waals surface area contributed by atoms with Crippen LogP contribution < -0.4 is 16.8 Å². The fourth-order valence-corrected chi connectivity index (χ4v) is 1.44. The van der Waals surface area contributed by atoms with E-state index < -0.39 is 23.4 Å². The lowest BCUT2D eigenvalue weighted by atomic mass is 10.0. The third kappa shape index (κ3) is 4.26. The Kier molecular flexibility index (Phi) is 4.50. The predicted octanol–water partition coefficient (Wildman–Crippen LogP) is -0.358. The molecule has 0 aliphatic heterocycles. The van der Waals surface area contributed by atoms with Crippen LogP contribution in [0.5, 0.6) is 5.75 Å². The third-order valence-electron chi connectivity index (χ3n) is 2.78. The Morgan fingerprint density at radius 3 is 2.32 bits per heavy atom. The Morgan fingerprint density at radius 2 is 1.84 bits per heavy atom. The minimum absolute atomic E-state index is 0.150. The van der Waals surface area contributed by atoms with Gasteiger partial charge in [0.15, 0.2) is 0 Å². The number of nitrogens with two attached hydrogens (primary N) is 2. The molecule has 1 aromatic rings. The van der Waals surface area contributed by atoms with Gasteiger partial charge in [-0.3, -0.25) is 9.59 Å². The summed E-state index contributed by atoms with van der Waals surface area (Å²) in [5, 5.41) is 11.7. The number of hydrogen-bond acceptors (Lipinski definition) is 4. The Morgan fingerprint density at radius 1 is 1.32 bits per heavy atom. The number of nitrogens with one attached hydrogen (secondary N) is 1. The number of carbonyl (C=O) groups excluding carboxylic acids is 2. The van der Waals surface area contributed by atoms with Crippen LogP contribution in [-0.4, -0.2) is 28.5 Å². The molecule has 0 aliphatic rings. The van der Waals surface area contributed by atoms with Crippen molar-refractivity contribution in [1.82, 2.24) is 5.32 Å². The summed E-state index contributed by atoms with van der Waals surface area (Å²) in [5.74, 6) is -0.925. The maximum Gasteiger partial charge on any atom is 0.242 e. The Labute approximate surface area is 111 Å². The second-order valence-corrected chi connectivity index (χ2v) is 4.96. The first kappa shape index (κ1) is 15.0. The number of primary amides is 1. The van der Waals surface area contributed by atoms with Crippen molar-refractivity contribution in [2.75, 3.05) is 0 Å². The molecule has 0 radical (unpaired) electrons. The molecule has 0 fully saturated rings. The van der Waals surface area contributed by atoms with E-state index in [1.807, 2.05) is 0 Å². The van der Waals surface area contributed by atoms with Crippen LogP contribution in [0.1, 0.15) is 19.4 Å². The van der Waals surface area contributed by atoms with Crippen molar-refractivity contribution in [3.63, 3.8) is 0 Å². The number of amides is 2. The van der Waals surface area contributed by atoms with Crippen LogP contribution in [0.2, 0.25) is 0 Å². The molecular formula is C13H19N3O3. The van der Waals surface area contributed by atoms with Crippen LogP contribution >= 0.6 is 0 Å². The quantitative estimate of drug-likeness (QED) is 0.581. The fraction of sp³-hybridized carbons (Fsp3) is 0.385. The molecule has 19 heavy (non-hydrogen) atoms. The van der Waals surface area contributed by atoms with E-state index >= 15 is 0 Å². The van der Waals surface area contributed by atoms with Crippen molar-refractivity contribution in [3.05, 3.63) is 29.8 Å². The number of carbonyl (C=O) groups is 2. The molecule has 6 N–H and O–H groups in total. The zero-order chi connectivity index (χ0) is 14.6. The molecule has 0 saturated carbocycles. The second-order valence-electron chi connectivity index (χ2n) is 4.96. The fourth-order valence-electron chi connectivity index (χ4n) is 1.44. The van der Waals surface area contributed by atoms with Gasteiger partial charge in [-0.15, -0.1) is 0 Å². The third-order valence-corrected chi connectivity index (χ3v) is 2.78. The van der Waals surface area contributed by atoms with Gasteiger partial charge in [0.1, 0.15) is 11.3 Å². The predicted molar refractivity (Wildman–Crippen MR) is 71.2 cm³/mol. The average molecular weight is 265 g/mol. The van der Waals surface area contributed by atoms with Crippen molar-refractivity contribution in [1.29, 1.82) is 0 Å². The van der Waals surface area contributed by atoms with Gasteiger partial charge in [-0.1, -0.05) is 12.1 Å². The normalized spacial score (nSPS) is 12.8. The molecule has 0 saturated heterocycles. The van der Waals surface area contributed by atoms with E-state index in [0.29, 0.717) is 6.42 Å². The molecule has 104 valence electrons. The lowest BCUT2D eigenvalue weighted by molar-refractivity contribution is -0.131. The standard InChI is InChI=1S/C13H19N3O3/c1-13(2,12(15)19)16-11(18)10(14)7-8-3-5-9(17)6-4-8/h3-6,10,17H,7,14H2,1-2H3,(H2,15,19)(H,16,18)/t10-/m1/s1. The molecular weight excluding hydrogens is 246 g/mol. The summed E-state index contributed by atoms with van der Waals surface area (Å²) in [7, 11) is 0. The number of hydrogen-bond donors (Lipinski definition) is 4. The first-order valence-corrected chi connectivity index (χ1v) is 5.88. The topological polar surface area (TPSA) is 118 Å². The van der Waals surface area contributed by atoms with Gasteiger partial charge < -0.3 is 21.9 Å². The number of benzene rings is 1. The smallest absolute Gasteiger partial charge is 0.242 e. The van der Waals surface area contributed by atoms with E-state index in [2.05, 4.69) is 5.32 Å². The molecule has 6 heteroatoms. The highest BCUT2D eigenvalue weighted by atomic mass is 16.3. The second kappa shape index (κ2) is 5.71. The lowest BCUT2D eigenvalue weighted by Crippen LogP contribution is -2.57. The summed E-state index contributed by atoms with van der Waals surface area (Å²) in [6.07, 6.45) is 0.307. The van der Waals surface area contributed by atoms with Crippen LogP contribution in [-0.2, 0) is 16.0 Å². The van der Waals surface area contributed by atoms with Gasteiger partial charge in [-0.25, -0.2) is 0 Å². The maximum atomic E-state index is 11.8. The highest BCUT2D eigenvalue weighted by Gasteiger charge is 2.28. The van der Waals surface area contributed by atoms with Crippen LogP contribution in [0.3, 0.4) is 0 Å². The van der Waals surface area contributed by atoms with Crippen LogP contribution in [0.25, 0.3) is 0 Å². The molecule has 1 rings (SSSR count). The summed E-state index contributed by atoms with van der Waals surface area (Å²) in [6.45, 7) is 3.03. The van der Waals surface area contributed by atoms with Gasteiger partial charge in [0.05, 0.1) is 6.04 Å². The number of phenolic OH excluding ortho intramolecular Hbond substituents is 1. The van der Waals surface area contributed by atoms with Crippen molar-refractivity contribution in [3.8, 4) is 5.75 Å². The summed E-state index contributed by atoms with van der Waals surface area (Å²) in [6, 6.07) is 5.62. The SMILES string of the molecule is CC(C)(NC(=O)[C@H](N)Cc1ccc(O)cc1)C(N)=O. The summed E-state index contributed by atoms with van der Waals surface area (Å²) in [5.41, 5.74) is 10.6. The van der Waals surface area contributed by atoms with E-state index in [1.54, 1.807) is 12.1 Å². The summed E-state index contributed by atoms with van der Waals surface area (Å²) in [4.78, 5) is 23.0. The summed E-state index contributed by atoms with van der Waals surface area (Å²) >= 11 is 0. The van der Waals surface area contributed by atoms with E-state index in [1.165, 1.54) is 26.0 Å². The average Bonchev–Trinajstić information content (AvgIpc) is 2.31. The summed E-state index contributed by atoms with van der Waals surface area (Å²) < 4.78 is 0. The largest absolute Gasteiger partial charge is 0.508 e. The highest BCUT2D eigenvalue weighted by molar-refractivity contribution is 5.91. The monoisotopic (exact) mass is 265 g/mol. The minimum Gasteiger partial charge on any atom is -0.508 e. The molecule has 1 atom stereocenters. The molecule has 6 nitrogen and oxygen atoms in total. The molecule has 2 amide bonds. The Bertz CT molecular complexity index is 469. The van der Waals surface area contributed by atoms with Crippen LogP contribution in [0.15, 0.2) is 24.3 Å². The van der Waals surface area contributed by atoms with Gasteiger partial charge in [-0.2, -0.15) is 0 Å². The van der Waals surface area contributed by atoms with Crippen molar-refractivity contribution >= 4 is 11.8 Å². The first-order chi connectivity index (χ1) is 8.72. The van der Waals surface area contributed by atoms with E-state index in [4.69, 9.17) is 16.6 Å². The van der Waals surface area contributed by atoms with Crippen molar-refractivity contribution in [2.45, 2.75) is 31.8 Å².